The van der Waals surface area contributed by atoms with Crippen molar-refractivity contribution < 1.29 is 22.6 Å². The van der Waals surface area contributed by atoms with Crippen LogP contribution in [0, 0.1) is 6.92 Å². The van der Waals surface area contributed by atoms with Crippen LogP contribution in [0.4, 0.5) is 0 Å². The molecule has 1 aliphatic carbocycles. The number of methoxy groups -OCH3 is 2. The number of nitrogens with one attached hydrogen (secondary N) is 2. The highest BCUT2D eigenvalue weighted by Gasteiger charge is 2.26. The lowest BCUT2D eigenvalue weighted by molar-refractivity contribution is 0.341. The van der Waals surface area contributed by atoms with Crippen molar-refractivity contribution in [3.63, 3.8) is 0 Å². The van der Waals surface area contributed by atoms with Crippen LogP contribution in [-0.2, 0) is 16.4 Å². The lowest BCUT2D eigenvalue weighted by Gasteiger charge is -2.14. The molecule has 0 atom stereocenters. The van der Waals surface area contributed by atoms with E-state index in [1.165, 1.54) is 12.1 Å². The predicted molar refractivity (Wildman–Crippen MR) is 155 cm³/mol. The number of hydrogen-bond donors (Lipinski definition) is 2. The minimum atomic E-state index is -3.91. The van der Waals surface area contributed by atoms with E-state index in [-0.39, 0.29) is 28.7 Å². The summed E-state index contributed by atoms with van der Waals surface area (Å²) in [4.78, 5) is 20.7. The Morgan fingerprint density at radius 1 is 1.10 bits per heavy atom. The molecule has 0 amide bonds. The molecule has 0 saturated heterocycles. The molecular weight excluding hydrogens is 546 g/mol. The standard InChI is InChI=1S/C29H35N5O6S/c1-5-40-23-14-13-21(41(36,37)30-16-15-19-11-8-12-24(38-3)26(19)39-4)17-22(23)27-32-29(35)25-18(2)31-28(34(25)33-27)20-9-6-7-10-20/h8,11-14,17,20,30H,5-7,9-10,15-16H2,1-4H3,(H,32,33,35). The van der Waals surface area contributed by atoms with Gasteiger partial charge in [0.1, 0.15) is 11.6 Å². The summed E-state index contributed by atoms with van der Waals surface area (Å²) in [6.45, 7) is 4.12. The Kier molecular flexibility index (Phi) is 8.32. The van der Waals surface area contributed by atoms with E-state index in [9.17, 15) is 13.2 Å². The summed E-state index contributed by atoms with van der Waals surface area (Å²) in [6.07, 6.45) is 4.60. The molecule has 12 heteroatoms. The number of aromatic nitrogens is 4. The summed E-state index contributed by atoms with van der Waals surface area (Å²) in [6, 6.07) is 10.0. The van der Waals surface area contributed by atoms with Crippen molar-refractivity contribution in [1.29, 1.82) is 0 Å². The number of H-pyrrole nitrogens is 1. The maximum atomic E-state index is 13.3. The molecule has 41 heavy (non-hydrogen) atoms. The number of rotatable bonds is 11. The van der Waals surface area contributed by atoms with E-state index in [0.717, 1.165) is 37.1 Å². The molecule has 11 nitrogen and oxygen atoms in total. The Hall–Kier alpha value is -3.90. The van der Waals surface area contributed by atoms with Crippen LogP contribution in [0.15, 0.2) is 46.1 Å². The number of sulfonamides is 1. The van der Waals surface area contributed by atoms with Crippen LogP contribution in [0.2, 0.25) is 0 Å². The van der Waals surface area contributed by atoms with E-state index in [4.69, 9.17) is 24.3 Å². The van der Waals surface area contributed by atoms with Gasteiger partial charge in [-0.05, 0) is 62.9 Å². The number of fused-ring (bicyclic) bond motifs is 1. The van der Waals surface area contributed by atoms with E-state index >= 15 is 0 Å². The molecule has 2 aromatic heterocycles. The van der Waals surface area contributed by atoms with Gasteiger partial charge in [0.05, 0.1) is 37.0 Å². The second kappa shape index (κ2) is 11.9. The number of hydrogen-bond acceptors (Lipinski definition) is 8. The molecule has 0 bridgehead atoms. The first kappa shape index (κ1) is 28.6. The van der Waals surface area contributed by atoms with Crippen molar-refractivity contribution in [3.05, 3.63) is 63.8 Å². The molecule has 4 aromatic rings. The minimum Gasteiger partial charge on any atom is -0.493 e. The Bertz CT molecular complexity index is 1720. The average Bonchev–Trinajstić information content (AvgIpc) is 3.61. The monoisotopic (exact) mass is 581 g/mol. The third-order valence-corrected chi connectivity index (χ3v) is 8.87. The summed E-state index contributed by atoms with van der Waals surface area (Å²) in [7, 11) is -0.815. The number of para-hydroxylation sites is 1. The lowest BCUT2D eigenvalue weighted by atomic mass is 10.1. The van der Waals surface area contributed by atoms with Gasteiger partial charge < -0.3 is 19.2 Å². The van der Waals surface area contributed by atoms with E-state index in [1.807, 2.05) is 19.1 Å². The largest absolute Gasteiger partial charge is 0.493 e. The van der Waals surface area contributed by atoms with Gasteiger partial charge >= 0.3 is 0 Å². The highest BCUT2D eigenvalue weighted by atomic mass is 32.2. The Morgan fingerprint density at radius 2 is 1.88 bits per heavy atom. The fraction of sp³-hybridized carbons (Fsp3) is 0.414. The highest BCUT2D eigenvalue weighted by molar-refractivity contribution is 7.89. The second-order valence-corrected chi connectivity index (χ2v) is 11.8. The summed E-state index contributed by atoms with van der Waals surface area (Å²) < 4.78 is 47.6. The van der Waals surface area contributed by atoms with Gasteiger partial charge in [-0.3, -0.25) is 4.79 Å². The minimum absolute atomic E-state index is 0.0223. The van der Waals surface area contributed by atoms with Gasteiger partial charge in [0, 0.05) is 12.5 Å². The van der Waals surface area contributed by atoms with Crippen LogP contribution in [0.3, 0.4) is 0 Å². The molecule has 2 aromatic carbocycles. The average molecular weight is 582 g/mol. The van der Waals surface area contributed by atoms with Crippen molar-refractivity contribution in [2.75, 3.05) is 27.4 Å². The van der Waals surface area contributed by atoms with Crippen LogP contribution in [0.5, 0.6) is 17.2 Å². The zero-order valence-electron chi connectivity index (χ0n) is 23.7. The van der Waals surface area contributed by atoms with Crippen molar-refractivity contribution in [2.45, 2.75) is 56.8 Å². The number of aryl methyl sites for hydroxylation is 1. The SMILES string of the molecule is CCOc1ccc(S(=O)(=O)NCCc2cccc(OC)c2OC)cc1-c1nn2c(C3CCCC3)nc(C)c2c(=O)[nH]1. The van der Waals surface area contributed by atoms with E-state index in [2.05, 4.69) is 9.71 Å². The molecule has 0 unspecified atom stereocenters. The van der Waals surface area contributed by atoms with Crippen LogP contribution in [0.1, 0.15) is 55.6 Å². The Labute approximate surface area is 238 Å². The smallest absolute Gasteiger partial charge is 0.277 e. The first-order valence-electron chi connectivity index (χ1n) is 13.7. The van der Waals surface area contributed by atoms with Gasteiger partial charge in [0.2, 0.25) is 10.0 Å². The third kappa shape index (κ3) is 5.66. The summed E-state index contributed by atoms with van der Waals surface area (Å²) in [5.41, 5.74) is 1.85. The summed E-state index contributed by atoms with van der Waals surface area (Å²) >= 11 is 0. The predicted octanol–water partition coefficient (Wildman–Crippen LogP) is 3.99. The van der Waals surface area contributed by atoms with Crippen LogP contribution >= 0.6 is 0 Å². The summed E-state index contributed by atoms with van der Waals surface area (Å²) in [5.74, 6) is 2.75. The fourth-order valence-corrected chi connectivity index (χ4v) is 6.52. The normalized spacial score (nSPS) is 14.0. The molecule has 0 radical (unpaired) electrons. The number of nitrogens with zero attached hydrogens (tertiary/aromatic N) is 3. The molecule has 1 aliphatic rings. The lowest BCUT2D eigenvalue weighted by Crippen LogP contribution is -2.26. The molecule has 0 aliphatic heterocycles. The van der Waals surface area contributed by atoms with Crippen molar-refractivity contribution in [1.82, 2.24) is 24.3 Å². The van der Waals surface area contributed by atoms with Crippen molar-refractivity contribution in [2.24, 2.45) is 0 Å². The van der Waals surface area contributed by atoms with Gasteiger partial charge in [-0.2, -0.15) is 0 Å². The molecule has 2 N–H and O–H groups in total. The van der Waals surface area contributed by atoms with Crippen LogP contribution in [-0.4, -0.2) is 55.4 Å². The van der Waals surface area contributed by atoms with Gasteiger partial charge in [-0.1, -0.05) is 25.0 Å². The van der Waals surface area contributed by atoms with Crippen molar-refractivity contribution >= 4 is 15.5 Å². The van der Waals surface area contributed by atoms with Crippen molar-refractivity contribution in [3.8, 4) is 28.6 Å². The van der Waals surface area contributed by atoms with E-state index in [0.29, 0.717) is 47.1 Å². The topological polar surface area (TPSA) is 137 Å². The number of ether oxygens (including phenoxy) is 3. The molecule has 0 spiro atoms. The Balaban J connectivity index is 1.48. The number of benzene rings is 2. The Morgan fingerprint density at radius 3 is 2.59 bits per heavy atom. The van der Waals surface area contributed by atoms with E-state index < -0.39 is 10.0 Å². The fourth-order valence-electron chi connectivity index (χ4n) is 5.46. The molecule has 2 heterocycles. The van der Waals surface area contributed by atoms with E-state index in [1.54, 1.807) is 37.8 Å². The zero-order chi connectivity index (χ0) is 29.1. The summed E-state index contributed by atoms with van der Waals surface area (Å²) in [5, 5.41) is 4.75. The second-order valence-electron chi connectivity index (χ2n) is 9.99. The quantitative estimate of drug-likeness (QED) is 0.271. The maximum absolute atomic E-state index is 13.3. The number of aromatic amines is 1. The molecule has 1 saturated carbocycles. The van der Waals surface area contributed by atoms with Crippen LogP contribution < -0.4 is 24.5 Å². The zero-order valence-corrected chi connectivity index (χ0v) is 24.5. The first-order valence-corrected chi connectivity index (χ1v) is 15.2. The van der Waals surface area contributed by atoms with Gasteiger partial charge in [-0.15, -0.1) is 5.10 Å². The first-order chi connectivity index (χ1) is 19.8. The molecular formula is C29H35N5O6S. The van der Waals surface area contributed by atoms with Gasteiger partial charge in [0.15, 0.2) is 22.8 Å². The molecule has 218 valence electrons. The molecule has 1 fully saturated rings. The highest BCUT2D eigenvalue weighted by Crippen LogP contribution is 2.35. The third-order valence-electron chi connectivity index (χ3n) is 7.41. The number of imidazole rings is 1. The van der Waals surface area contributed by atoms with Gasteiger partial charge in [0.25, 0.3) is 5.56 Å². The van der Waals surface area contributed by atoms with Gasteiger partial charge in [-0.25, -0.2) is 22.6 Å². The molecule has 5 rings (SSSR count). The maximum Gasteiger partial charge on any atom is 0.277 e. The van der Waals surface area contributed by atoms with Crippen LogP contribution in [0.25, 0.3) is 16.9 Å².